The van der Waals surface area contributed by atoms with E-state index in [9.17, 15) is 4.79 Å². The summed E-state index contributed by atoms with van der Waals surface area (Å²) in [5, 5.41) is 8.90. The average Bonchev–Trinajstić information content (AvgIpc) is 2.69. The number of ether oxygens (including phenoxy) is 1. The van der Waals surface area contributed by atoms with Crippen molar-refractivity contribution in [2.45, 2.75) is 19.1 Å². The van der Waals surface area contributed by atoms with Crippen LogP contribution in [0, 0.1) is 5.92 Å². The Morgan fingerprint density at radius 3 is 2.76 bits per heavy atom. The third-order valence-electron chi connectivity index (χ3n) is 2.88. The molecule has 0 saturated carbocycles. The summed E-state index contributed by atoms with van der Waals surface area (Å²) < 4.78 is 5.53. The van der Waals surface area contributed by atoms with Crippen LogP contribution in [0.25, 0.3) is 0 Å². The molecule has 2 N–H and O–H groups in total. The van der Waals surface area contributed by atoms with Crippen LogP contribution in [0.4, 0.5) is 0 Å². The van der Waals surface area contributed by atoms with Crippen molar-refractivity contribution < 1.29 is 19.5 Å². The number of hydrogen-bond acceptors (Lipinski definition) is 4. The zero-order chi connectivity index (χ0) is 12.3. The Labute approximate surface area is 99.3 Å². The fourth-order valence-electron chi connectivity index (χ4n) is 1.75. The normalized spacial score (nSPS) is 27.9. The number of hydroxylamine groups is 1. The van der Waals surface area contributed by atoms with E-state index in [0.717, 1.165) is 5.75 Å². The van der Waals surface area contributed by atoms with Gasteiger partial charge in [-0.1, -0.05) is 25.1 Å². The quantitative estimate of drug-likeness (QED) is 0.819. The third-order valence-corrected chi connectivity index (χ3v) is 2.88. The van der Waals surface area contributed by atoms with Crippen LogP contribution in [0.15, 0.2) is 30.3 Å². The molecule has 0 radical (unpaired) electrons. The molecule has 5 nitrogen and oxygen atoms in total. The Morgan fingerprint density at radius 1 is 1.47 bits per heavy atom. The summed E-state index contributed by atoms with van der Waals surface area (Å²) in [6.07, 6.45) is -0.253. The van der Waals surface area contributed by atoms with Crippen LogP contribution in [0.5, 0.6) is 5.75 Å². The monoisotopic (exact) mass is 237 g/mol. The van der Waals surface area contributed by atoms with Crippen molar-refractivity contribution in [2.24, 2.45) is 5.92 Å². The number of carbonyl (C=O) groups is 1. The summed E-state index contributed by atoms with van der Waals surface area (Å²) in [7, 11) is 0. The van der Waals surface area contributed by atoms with Crippen molar-refractivity contribution in [3.8, 4) is 5.75 Å². The number of carboxylic acid groups (broad SMARTS) is 1. The molecule has 1 aromatic rings. The first-order chi connectivity index (χ1) is 8.18. The number of benzene rings is 1. The highest BCUT2D eigenvalue weighted by Crippen LogP contribution is 2.20. The number of para-hydroxylation sites is 1. The van der Waals surface area contributed by atoms with Crippen molar-refractivity contribution in [3.63, 3.8) is 0 Å². The second-order valence-corrected chi connectivity index (χ2v) is 4.07. The van der Waals surface area contributed by atoms with Gasteiger partial charge in [-0.05, 0) is 12.1 Å². The van der Waals surface area contributed by atoms with E-state index in [1.807, 2.05) is 37.3 Å². The Balaban J connectivity index is 1.87. The summed E-state index contributed by atoms with van der Waals surface area (Å²) in [5.74, 6) is -0.280. The van der Waals surface area contributed by atoms with Gasteiger partial charge in [0, 0.05) is 5.92 Å². The highest BCUT2D eigenvalue weighted by atomic mass is 16.7. The average molecular weight is 237 g/mol. The molecule has 5 heteroatoms. The summed E-state index contributed by atoms with van der Waals surface area (Å²) in [4.78, 5) is 16.1. The van der Waals surface area contributed by atoms with Gasteiger partial charge in [0.2, 0.25) is 0 Å². The zero-order valence-corrected chi connectivity index (χ0v) is 9.50. The van der Waals surface area contributed by atoms with Crippen LogP contribution in [0.2, 0.25) is 0 Å². The van der Waals surface area contributed by atoms with Gasteiger partial charge < -0.3 is 9.84 Å². The molecular formula is C12H15NO4. The molecule has 3 atom stereocenters. The van der Waals surface area contributed by atoms with Gasteiger partial charge in [-0.2, -0.15) is 5.48 Å². The van der Waals surface area contributed by atoms with Crippen LogP contribution in [0.1, 0.15) is 6.92 Å². The molecule has 1 aliphatic heterocycles. The van der Waals surface area contributed by atoms with E-state index >= 15 is 0 Å². The van der Waals surface area contributed by atoms with Crippen molar-refractivity contribution in [1.29, 1.82) is 0 Å². The maximum Gasteiger partial charge on any atom is 0.323 e. The minimum atomic E-state index is -0.903. The fourth-order valence-corrected chi connectivity index (χ4v) is 1.75. The molecule has 0 spiro atoms. The van der Waals surface area contributed by atoms with Gasteiger partial charge in [-0.15, -0.1) is 0 Å². The first kappa shape index (κ1) is 11.9. The van der Waals surface area contributed by atoms with Gasteiger partial charge >= 0.3 is 5.97 Å². The fraction of sp³-hybridized carbons (Fsp3) is 0.417. The highest BCUT2D eigenvalue weighted by Gasteiger charge is 2.38. The van der Waals surface area contributed by atoms with Gasteiger partial charge in [0.05, 0.1) is 0 Å². The van der Waals surface area contributed by atoms with Gasteiger partial charge in [0.25, 0.3) is 0 Å². The Bertz CT molecular complexity index is 381. The first-order valence-corrected chi connectivity index (χ1v) is 5.50. The van der Waals surface area contributed by atoms with Crippen molar-refractivity contribution >= 4 is 5.97 Å². The van der Waals surface area contributed by atoms with Gasteiger partial charge in [-0.3, -0.25) is 9.63 Å². The SMILES string of the molecule is CC1C(COc2ccccc2)ONC1C(=O)O. The molecular weight excluding hydrogens is 222 g/mol. The molecule has 1 heterocycles. The molecule has 0 aromatic heterocycles. The lowest BCUT2D eigenvalue weighted by Gasteiger charge is -2.15. The zero-order valence-electron chi connectivity index (χ0n) is 9.50. The maximum atomic E-state index is 10.8. The second kappa shape index (κ2) is 5.16. The second-order valence-electron chi connectivity index (χ2n) is 4.07. The van der Waals surface area contributed by atoms with Crippen LogP contribution in [-0.2, 0) is 9.63 Å². The van der Waals surface area contributed by atoms with Gasteiger partial charge in [0.15, 0.2) is 0 Å². The van der Waals surface area contributed by atoms with E-state index in [-0.39, 0.29) is 12.0 Å². The molecule has 3 unspecified atom stereocenters. The van der Waals surface area contributed by atoms with Crippen molar-refractivity contribution in [3.05, 3.63) is 30.3 Å². The lowest BCUT2D eigenvalue weighted by Crippen LogP contribution is -2.35. The molecule has 0 bridgehead atoms. The molecule has 1 fully saturated rings. The largest absolute Gasteiger partial charge is 0.491 e. The molecule has 1 aliphatic rings. The topological polar surface area (TPSA) is 67.8 Å². The van der Waals surface area contributed by atoms with E-state index in [0.29, 0.717) is 6.61 Å². The van der Waals surface area contributed by atoms with Gasteiger partial charge in [-0.25, -0.2) is 0 Å². The van der Waals surface area contributed by atoms with Crippen molar-refractivity contribution in [1.82, 2.24) is 5.48 Å². The van der Waals surface area contributed by atoms with E-state index in [1.165, 1.54) is 0 Å². The smallest absolute Gasteiger partial charge is 0.323 e. The minimum absolute atomic E-state index is 0.129. The molecule has 0 aliphatic carbocycles. The highest BCUT2D eigenvalue weighted by molar-refractivity contribution is 5.74. The first-order valence-electron chi connectivity index (χ1n) is 5.50. The lowest BCUT2D eigenvalue weighted by molar-refractivity contribution is -0.141. The van der Waals surface area contributed by atoms with Crippen LogP contribution < -0.4 is 10.2 Å². The molecule has 1 aromatic carbocycles. The minimum Gasteiger partial charge on any atom is -0.491 e. The molecule has 1 saturated heterocycles. The number of rotatable bonds is 4. The summed E-state index contributed by atoms with van der Waals surface area (Å²) in [5.41, 5.74) is 2.51. The number of hydrogen-bond donors (Lipinski definition) is 2. The predicted molar refractivity (Wildman–Crippen MR) is 60.5 cm³/mol. The number of nitrogens with one attached hydrogen (secondary N) is 1. The van der Waals surface area contributed by atoms with E-state index < -0.39 is 12.0 Å². The van der Waals surface area contributed by atoms with Crippen LogP contribution >= 0.6 is 0 Å². The van der Waals surface area contributed by atoms with E-state index in [1.54, 1.807) is 0 Å². The lowest BCUT2D eigenvalue weighted by atomic mass is 9.98. The molecule has 17 heavy (non-hydrogen) atoms. The maximum absolute atomic E-state index is 10.8. The molecule has 2 rings (SSSR count). The van der Waals surface area contributed by atoms with E-state index in [4.69, 9.17) is 14.7 Å². The number of carboxylic acids is 1. The Morgan fingerprint density at radius 2 is 2.18 bits per heavy atom. The Kier molecular flexibility index (Phi) is 3.61. The van der Waals surface area contributed by atoms with Crippen LogP contribution in [-0.4, -0.2) is 29.8 Å². The summed E-state index contributed by atoms with van der Waals surface area (Å²) in [6.45, 7) is 2.17. The molecule has 0 amide bonds. The van der Waals surface area contributed by atoms with Crippen LogP contribution in [0.3, 0.4) is 0 Å². The molecule has 92 valence electrons. The third kappa shape index (κ3) is 2.75. The van der Waals surface area contributed by atoms with E-state index in [2.05, 4.69) is 5.48 Å². The summed E-state index contributed by atoms with van der Waals surface area (Å²) in [6, 6.07) is 8.70. The predicted octanol–water partition coefficient (Wildman–Crippen LogP) is 1.06. The van der Waals surface area contributed by atoms with Crippen molar-refractivity contribution in [2.75, 3.05) is 6.61 Å². The standard InChI is InChI=1S/C12H15NO4/c1-8-10(17-13-11(8)12(14)15)7-16-9-5-3-2-4-6-9/h2-6,8,10-11,13H,7H2,1H3,(H,14,15). The Hall–Kier alpha value is -1.59. The summed E-state index contributed by atoms with van der Waals surface area (Å²) >= 11 is 0. The van der Waals surface area contributed by atoms with Gasteiger partial charge in [0.1, 0.15) is 24.5 Å². The number of aliphatic carboxylic acids is 1.